The fourth-order valence-electron chi connectivity index (χ4n) is 2.53. The second-order valence-corrected chi connectivity index (χ2v) is 5.90. The Balaban J connectivity index is 2.10. The van der Waals surface area contributed by atoms with Gasteiger partial charge in [0.15, 0.2) is 5.69 Å². The number of alkyl halides is 3. The molecule has 1 heterocycles. The maximum Gasteiger partial charge on any atom is 0.416 e. The summed E-state index contributed by atoms with van der Waals surface area (Å²) in [5.41, 5.74) is 2.98. The van der Waals surface area contributed by atoms with E-state index in [1.54, 1.807) is 6.07 Å². The van der Waals surface area contributed by atoms with Crippen LogP contribution in [0.4, 0.5) is 33.5 Å². The molecule has 0 radical (unpaired) electrons. The number of aromatic nitrogens is 2. The van der Waals surface area contributed by atoms with Crippen LogP contribution in [0.15, 0.2) is 52.3 Å². The van der Waals surface area contributed by atoms with Crippen molar-refractivity contribution in [3.05, 3.63) is 81.4 Å². The molecule has 3 rings (SSSR count). The highest BCUT2D eigenvalue weighted by molar-refractivity contribution is 5.84. The molecule has 0 aliphatic heterocycles. The fraction of sp³-hybridized carbons (Fsp3) is 0.0526. The van der Waals surface area contributed by atoms with Crippen LogP contribution in [-0.4, -0.2) is 15.8 Å². The van der Waals surface area contributed by atoms with Gasteiger partial charge in [0.1, 0.15) is 29.2 Å². The zero-order valence-electron chi connectivity index (χ0n) is 14.8. The second-order valence-electron chi connectivity index (χ2n) is 5.90. The Kier molecular flexibility index (Phi) is 5.33. The zero-order valence-corrected chi connectivity index (χ0v) is 14.8. The standard InChI is InChI=1S/C19H10F5N5O/c20-12-5-6-15(13(21)7-12)29-17(26)16(14(8-25)28-18(29)30)27-9-10-1-3-11(4-2-10)19(22,23)24/h1-7,9H,26H2. The van der Waals surface area contributed by atoms with Gasteiger partial charge in [0.2, 0.25) is 0 Å². The average Bonchev–Trinajstić information content (AvgIpc) is 2.68. The van der Waals surface area contributed by atoms with Crippen LogP contribution in [-0.2, 0) is 6.18 Å². The molecule has 2 aromatic carbocycles. The summed E-state index contributed by atoms with van der Waals surface area (Å²) in [4.78, 5) is 19.7. The molecule has 0 fully saturated rings. The Morgan fingerprint density at radius 1 is 1.13 bits per heavy atom. The van der Waals surface area contributed by atoms with Gasteiger partial charge >= 0.3 is 11.9 Å². The Morgan fingerprint density at radius 3 is 2.37 bits per heavy atom. The Bertz CT molecular complexity index is 1240. The van der Waals surface area contributed by atoms with Gasteiger partial charge in [0, 0.05) is 12.3 Å². The number of rotatable bonds is 3. The molecule has 0 atom stereocenters. The summed E-state index contributed by atoms with van der Waals surface area (Å²) in [6.07, 6.45) is -3.41. The van der Waals surface area contributed by atoms with Gasteiger partial charge in [-0.2, -0.15) is 23.4 Å². The normalized spacial score (nSPS) is 11.6. The number of benzene rings is 2. The van der Waals surface area contributed by atoms with Gasteiger partial charge in [0.25, 0.3) is 0 Å². The third kappa shape index (κ3) is 4.02. The first kappa shape index (κ1) is 20.7. The summed E-state index contributed by atoms with van der Waals surface area (Å²) in [5.74, 6) is -2.45. The number of nitrogens with two attached hydrogens (primary N) is 1. The summed E-state index contributed by atoms with van der Waals surface area (Å²) < 4.78 is 65.8. The molecule has 0 bridgehead atoms. The van der Waals surface area contributed by atoms with E-state index in [4.69, 9.17) is 5.73 Å². The van der Waals surface area contributed by atoms with E-state index in [0.717, 1.165) is 42.6 Å². The summed E-state index contributed by atoms with van der Waals surface area (Å²) >= 11 is 0. The molecule has 0 saturated heterocycles. The lowest BCUT2D eigenvalue weighted by Gasteiger charge is -2.12. The van der Waals surface area contributed by atoms with Crippen molar-refractivity contribution in [3.8, 4) is 11.8 Å². The number of hydrogen-bond acceptors (Lipinski definition) is 5. The molecule has 0 aliphatic rings. The van der Waals surface area contributed by atoms with Gasteiger partial charge in [-0.05, 0) is 29.8 Å². The fourth-order valence-corrected chi connectivity index (χ4v) is 2.53. The maximum absolute atomic E-state index is 14.1. The van der Waals surface area contributed by atoms with Crippen LogP contribution in [0, 0.1) is 23.0 Å². The van der Waals surface area contributed by atoms with Gasteiger partial charge in [0.05, 0.1) is 11.3 Å². The number of hydrogen-bond donors (Lipinski definition) is 1. The minimum Gasteiger partial charge on any atom is -0.383 e. The van der Waals surface area contributed by atoms with Crippen LogP contribution in [0.5, 0.6) is 0 Å². The van der Waals surface area contributed by atoms with Gasteiger partial charge in [-0.1, -0.05) is 12.1 Å². The molecule has 152 valence electrons. The van der Waals surface area contributed by atoms with Crippen molar-refractivity contribution in [2.24, 2.45) is 4.99 Å². The molecule has 0 unspecified atom stereocenters. The predicted molar refractivity (Wildman–Crippen MR) is 97.6 cm³/mol. The molecule has 3 aromatic rings. The zero-order chi connectivity index (χ0) is 22.1. The number of nitrogen functional groups attached to an aromatic ring is 1. The summed E-state index contributed by atoms with van der Waals surface area (Å²) in [7, 11) is 0. The van der Waals surface area contributed by atoms with Crippen LogP contribution < -0.4 is 11.4 Å². The summed E-state index contributed by atoms with van der Waals surface area (Å²) in [6, 6.07) is 7.96. The van der Waals surface area contributed by atoms with Crippen LogP contribution >= 0.6 is 0 Å². The lowest BCUT2D eigenvalue weighted by molar-refractivity contribution is -0.137. The van der Waals surface area contributed by atoms with Gasteiger partial charge in [-0.25, -0.2) is 23.1 Å². The molecule has 2 N–H and O–H groups in total. The predicted octanol–water partition coefficient (Wildman–Crippen LogP) is 3.73. The summed E-state index contributed by atoms with van der Waals surface area (Å²) in [6.45, 7) is 0. The first-order valence-corrected chi connectivity index (χ1v) is 8.11. The summed E-state index contributed by atoms with van der Waals surface area (Å²) in [5, 5.41) is 9.20. The lowest BCUT2D eigenvalue weighted by atomic mass is 10.1. The highest BCUT2D eigenvalue weighted by Gasteiger charge is 2.29. The van der Waals surface area contributed by atoms with E-state index in [2.05, 4.69) is 9.98 Å². The Morgan fingerprint density at radius 2 is 1.80 bits per heavy atom. The van der Waals surface area contributed by atoms with Crippen molar-refractivity contribution in [2.75, 3.05) is 5.73 Å². The van der Waals surface area contributed by atoms with E-state index in [9.17, 15) is 32.0 Å². The molecule has 0 aliphatic carbocycles. The smallest absolute Gasteiger partial charge is 0.383 e. The molecule has 11 heteroatoms. The van der Waals surface area contributed by atoms with E-state index < -0.39 is 46.3 Å². The highest BCUT2D eigenvalue weighted by Crippen LogP contribution is 2.29. The first-order chi connectivity index (χ1) is 14.1. The number of nitriles is 1. The van der Waals surface area contributed by atoms with Crippen molar-refractivity contribution >= 4 is 17.7 Å². The monoisotopic (exact) mass is 419 g/mol. The maximum atomic E-state index is 14.1. The van der Waals surface area contributed by atoms with Gasteiger partial charge in [-0.3, -0.25) is 0 Å². The Hall–Kier alpha value is -4.07. The molecule has 0 spiro atoms. The number of halogens is 5. The number of anilines is 1. The topological polar surface area (TPSA) is 97.1 Å². The van der Waals surface area contributed by atoms with E-state index >= 15 is 0 Å². The molecule has 0 amide bonds. The van der Waals surface area contributed by atoms with Crippen LogP contribution in [0.2, 0.25) is 0 Å². The van der Waals surface area contributed by atoms with Crippen molar-refractivity contribution < 1.29 is 22.0 Å². The van der Waals surface area contributed by atoms with Crippen LogP contribution in [0.3, 0.4) is 0 Å². The largest absolute Gasteiger partial charge is 0.416 e. The average molecular weight is 419 g/mol. The Labute approximate surface area is 165 Å². The minimum absolute atomic E-state index is 0.233. The molecular weight excluding hydrogens is 409 g/mol. The second kappa shape index (κ2) is 7.75. The third-order valence-corrected chi connectivity index (χ3v) is 3.94. The van der Waals surface area contributed by atoms with Crippen LogP contribution in [0.25, 0.3) is 5.69 Å². The van der Waals surface area contributed by atoms with Crippen molar-refractivity contribution in [3.63, 3.8) is 0 Å². The number of nitrogens with zero attached hydrogens (tertiary/aromatic N) is 4. The molecule has 6 nitrogen and oxygen atoms in total. The van der Waals surface area contributed by atoms with Gasteiger partial charge in [-0.15, -0.1) is 0 Å². The van der Waals surface area contributed by atoms with Gasteiger partial charge < -0.3 is 5.73 Å². The SMILES string of the molecule is N#Cc1nc(=O)n(-c2ccc(F)cc2F)c(N)c1N=Cc1ccc(C(F)(F)F)cc1. The quantitative estimate of drug-likeness (QED) is 0.517. The highest BCUT2D eigenvalue weighted by atomic mass is 19.4. The molecule has 30 heavy (non-hydrogen) atoms. The van der Waals surface area contributed by atoms with E-state index in [-0.39, 0.29) is 11.3 Å². The molecule has 1 aromatic heterocycles. The minimum atomic E-state index is -4.51. The molecule has 0 saturated carbocycles. The molecular formula is C19H10F5N5O. The van der Waals surface area contributed by atoms with E-state index in [1.807, 2.05) is 0 Å². The van der Waals surface area contributed by atoms with Crippen molar-refractivity contribution in [2.45, 2.75) is 6.18 Å². The first-order valence-electron chi connectivity index (χ1n) is 8.11. The number of aliphatic imine (C=N–C) groups is 1. The van der Waals surface area contributed by atoms with Crippen molar-refractivity contribution in [1.29, 1.82) is 5.26 Å². The van der Waals surface area contributed by atoms with E-state index in [1.165, 1.54) is 0 Å². The van der Waals surface area contributed by atoms with E-state index in [0.29, 0.717) is 10.6 Å². The third-order valence-electron chi connectivity index (χ3n) is 3.94. The van der Waals surface area contributed by atoms with Crippen molar-refractivity contribution in [1.82, 2.24) is 9.55 Å². The lowest BCUT2D eigenvalue weighted by Crippen LogP contribution is -2.26. The van der Waals surface area contributed by atoms with Crippen LogP contribution in [0.1, 0.15) is 16.8 Å².